The fraction of sp³-hybridized carbons (Fsp3) is 0.529. The summed E-state index contributed by atoms with van der Waals surface area (Å²) in [4.78, 5) is 23.6. The summed E-state index contributed by atoms with van der Waals surface area (Å²) in [6.07, 6.45) is 2.98. The van der Waals surface area contributed by atoms with Crippen LogP contribution in [0, 0.1) is 5.92 Å². The summed E-state index contributed by atoms with van der Waals surface area (Å²) in [6, 6.07) is 7.43. The lowest BCUT2D eigenvalue weighted by Crippen LogP contribution is -2.13. The van der Waals surface area contributed by atoms with Crippen molar-refractivity contribution in [2.24, 2.45) is 5.92 Å². The van der Waals surface area contributed by atoms with Crippen molar-refractivity contribution in [3.05, 3.63) is 35.4 Å². The number of nitrogens with one attached hydrogen (secondary N) is 1. The molecule has 21 heavy (non-hydrogen) atoms. The fourth-order valence-electron chi connectivity index (χ4n) is 2.74. The minimum Gasteiger partial charge on any atom is -0.439 e. The molecule has 1 aliphatic rings. The first kappa shape index (κ1) is 15.5. The number of rotatable bonds is 7. The number of cyclic esters (lactones) is 1. The number of amides is 1. The van der Waals surface area contributed by atoms with Gasteiger partial charge in [0.05, 0.1) is 6.54 Å². The Morgan fingerprint density at radius 1 is 1.38 bits per heavy atom. The van der Waals surface area contributed by atoms with Crippen LogP contribution in [-0.2, 0) is 4.74 Å². The number of carbonyl (C=O) groups is 2. The second kappa shape index (κ2) is 7.25. The van der Waals surface area contributed by atoms with Crippen molar-refractivity contribution in [1.29, 1.82) is 0 Å². The maximum absolute atomic E-state index is 12.5. The molecule has 114 valence electrons. The van der Waals surface area contributed by atoms with Gasteiger partial charge >= 0.3 is 6.09 Å². The highest BCUT2D eigenvalue weighted by Gasteiger charge is 2.27. The van der Waals surface area contributed by atoms with Crippen molar-refractivity contribution < 1.29 is 14.3 Å². The molecule has 1 aromatic rings. The lowest BCUT2D eigenvalue weighted by atomic mass is 9.93. The predicted octanol–water partition coefficient (Wildman–Crippen LogP) is 3.87. The van der Waals surface area contributed by atoms with Gasteiger partial charge in [0, 0.05) is 17.5 Å². The van der Waals surface area contributed by atoms with Gasteiger partial charge in [0.15, 0.2) is 5.78 Å². The second-order valence-corrected chi connectivity index (χ2v) is 5.72. The van der Waals surface area contributed by atoms with E-state index in [0.717, 1.165) is 24.8 Å². The molecule has 1 aliphatic heterocycles. The standard InChI is InChI=1S/C17H23NO3/c1-3-6-12(2)9-10-15(19)13-7-4-5-8-14(13)16-11-18-17(20)21-16/h4-5,7-8,12,16H,3,6,9-11H2,1-2H3,(H,18,20)/t12-,16?/m0/s1. The molecule has 2 rings (SSSR count). The van der Waals surface area contributed by atoms with Gasteiger partial charge in [-0.2, -0.15) is 0 Å². The molecule has 1 fully saturated rings. The number of carbonyl (C=O) groups excluding carboxylic acids is 2. The Kier molecular flexibility index (Phi) is 5.37. The van der Waals surface area contributed by atoms with Crippen LogP contribution in [0.1, 0.15) is 61.6 Å². The van der Waals surface area contributed by atoms with Gasteiger partial charge in [0.2, 0.25) is 0 Å². The summed E-state index contributed by atoms with van der Waals surface area (Å²) >= 11 is 0. The van der Waals surface area contributed by atoms with E-state index >= 15 is 0 Å². The zero-order valence-electron chi connectivity index (χ0n) is 12.7. The summed E-state index contributed by atoms with van der Waals surface area (Å²) in [5.41, 5.74) is 1.49. The maximum atomic E-state index is 12.5. The second-order valence-electron chi connectivity index (χ2n) is 5.72. The molecule has 0 saturated carbocycles. The average molecular weight is 289 g/mol. The zero-order chi connectivity index (χ0) is 15.2. The predicted molar refractivity (Wildman–Crippen MR) is 81.3 cm³/mol. The highest BCUT2D eigenvalue weighted by atomic mass is 16.6. The molecule has 1 heterocycles. The van der Waals surface area contributed by atoms with Gasteiger partial charge in [-0.05, 0) is 12.3 Å². The van der Waals surface area contributed by atoms with Crippen LogP contribution in [-0.4, -0.2) is 18.4 Å². The summed E-state index contributed by atoms with van der Waals surface area (Å²) in [7, 11) is 0. The van der Waals surface area contributed by atoms with E-state index in [1.165, 1.54) is 0 Å². The first-order valence-corrected chi connectivity index (χ1v) is 7.68. The van der Waals surface area contributed by atoms with Crippen LogP contribution < -0.4 is 5.32 Å². The van der Waals surface area contributed by atoms with Crippen LogP contribution in [0.2, 0.25) is 0 Å². The number of ketones is 1. The van der Waals surface area contributed by atoms with E-state index in [1.807, 2.05) is 24.3 Å². The Hall–Kier alpha value is -1.84. The first-order chi connectivity index (χ1) is 10.1. The van der Waals surface area contributed by atoms with Crippen molar-refractivity contribution in [3.8, 4) is 0 Å². The van der Waals surface area contributed by atoms with Crippen molar-refractivity contribution in [1.82, 2.24) is 5.32 Å². The molecule has 2 atom stereocenters. The number of hydrogen-bond donors (Lipinski definition) is 1. The van der Waals surface area contributed by atoms with E-state index in [2.05, 4.69) is 19.2 Å². The molecule has 0 aromatic heterocycles. The number of hydrogen-bond acceptors (Lipinski definition) is 3. The van der Waals surface area contributed by atoms with Crippen molar-refractivity contribution >= 4 is 11.9 Å². The molecule has 0 radical (unpaired) electrons. The van der Waals surface area contributed by atoms with Crippen LogP contribution in [0.5, 0.6) is 0 Å². The molecular formula is C17H23NO3. The van der Waals surface area contributed by atoms with Crippen molar-refractivity contribution in [2.75, 3.05) is 6.54 Å². The maximum Gasteiger partial charge on any atom is 0.407 e. The molecule has 0 bridgehead atoms. The van der Waals surface area contributed by atoms with Crippen LogP contribution in [0.25, 0.3) is 0 Å². The van der Waals surface area contributed by atoms with Crippen LogP contribution in [0.4, 0.5) is 4.79 Å². The SMILES string of the molecule is CCC[C@H](C)CCC(=O)c1ccccc1C1CNC(=O)O1. The van der Waals surface area contributed by atoms with Gasteiger partial charge in [-0.25, -0.2) is 4.79 Å². The van der Waals surface area contributed by atoms with Gasteiger partial charge < -0.3 is 10.1 Å². The molecule has 0 aliphatic carbocycles. The van der Waals surface area contributed by atoms with Crippen LogP contribution in [0.3, 0.4) is 0 Å². The normalized spacial score (nSPS) is 19.0. The van der Waals surface area contributed by atoms with E-state index in [-0.39, 0.29) is 11.9 Å². The zero-order valence-corrected chi connectivity index (χ0v) is 12.7. The minimum absolute atomic E-state index is 0.136. The summed E-state index contributed by atoms with van der Waals surface area (Å²) < 4.78 is 5.20. The third-order valence-electron chi connectivity index (χ3n) is 3.93. The van der Waals surface area contributed by atoms with Gasteiger partial charge in [0.25, 0.3) is 0 Å². The molecular weight excluding hydrogens is 266 g/mol. The number of alkyl carbamates (subject to hydrolysis) is 1. The lowest BCUT2D eigenvalue weighted by Gasteiger charge is -2.14. The van der Waals surface area contributed by atoms with Crippen LogP contribution >= 0.6 is 0 Å². The molecule has 0 spiro atoms. The van der Waals surface area contributed by atoms with Crippen molar-refractivity contribution in [3.63, 3.8) is 0 Å². The van der Waals surface area contributed by atoms with Gasteiger partial charge in [-0.3, -0.25) is 4.79 Å². The lowest BCUT2D eigenvalue weighted by molar-refractivity contribution is 0.0965. The Balaban J connectivity index is 2.05. The third kappa shape index (κ3) is 4.06. The molecule has 1 aromatic carbocycles. The van der Waals surface area contributed by atoms with E-state index in [9.17, 15) is 9.59 Å². The summed E-state index contributed by atoms with van der Waals surface area (Å²) in [5, 5.41) is 2.63. The molecule has 1 saturated heterocycles. The van der Waals surface area contributed by atoms with Crippen molar-refractivity contribution in [2.45, 2.75) is 45.6 Å². The van der Waals surface area contributed by atoms with Gasteiger partial charge in [-0.15, -0.1) is 0 Å². The summed E-state index contributed by atoms with van der Waals surface area (Å²) in [5.74, 6) is 0.702. The molecule has 4 nitrogen and oxygen atoms in total. The van der Waals surface area contributed by atoms with E-state index < -0.39 is 6.09 Å². The Labute approximate surface area is 125 Å². The Morgan fingerprint density at radius 2 is 2.14 bits per heavy atom. The fourth-order valence-corrected chi connectivity index (χ4v) is 2.74. The van der Waals surface area contributed by atoms with Gasteiger partial charge in [-0.1, -0.05) is 51.0 Å². The Bertz CT molecular complexity index is 513. The average Bonchev–Trinajstić information content (AvgIpc) is 2.91. The molecule has 1 N–H and O–H groups in total. The quantitative estimate of drug-likeness (QED) is 0.775. The molecule has 1 amide bonds. The minimum atomic E-state index is -0.418. The Morgan fingerprint density at radius 3 is 2.81 bits per heavy atom. The topological polar surface area (TPSA) is 55.4 Å². The smallest absolute Gasteiger partial charge is 0.407 e. The monoisotopic (exact) mass is 289 g/mol. The summed E-state index contributed by atoms with van der Waals surface area (Å²) in [6.45, 7) is 4.77. The highest BCUT2D eigenvalue weighted by molar-refractivity contribution is 5.97. The third-order valence-corrected chi connectivity index (χ3v) is 3.93. The molecule has 1 unspecified atom stereocenters. The number of ether oxygens (including phenoxy) is 1. The highest BCUT2D eigenvalue weighted by Crippen LogP contribution is 2.26. The van der Waals surface area contributed by atoms with Gasteiger partial charge in [0.1, 0.15) is 6.10 Å². The van der Waals surface area contributed by atoms with E-state index in [0.29, 0.717) is 24.4 Å². The van der Waals surface area contributed by atoms with Crippen LogP contribution in [0.15, 0.2) is 24.3 Å². The molecule has 4 heteroatoms. The number of Topliss-reactive ketones (excluding diaryl/α,β-unsaturated/α-hetero) is 1. The number of benzene rings is 1. The van der Waals surface area contributed by atoms with E-state index in [1.54, 1.807) is 0 Å². The first-order valence-electron chi connectivity index (χ1n) is 7.68. The largest absolute Gasteiger partial charge is 0.439 e. The van der Waals surface area contributed by atoms with E-state index in [4.69, 9.17) is 4.74 Å².